The predicted molar refractivity (Wildman–Crippen MR) is 154 cm³/mol. The summed E-state index contributed by atoms with van der Waals surface area (Å²) in [5.41, 5.74) is 0.0835. The van der Waals surface area contributed by atoms with E-state index in [1.807, 2.05) is 12.1 Å². The molecule has 4 aromatic carbocycles. The number of carbonyl (C=O) groups excluding carboxylic acids is 1. The molecule has 1 atom stereocenters. The van der Waals surface area contributed by atoms with Crippen molar-refractivity contribution in [3.63, 3.8) is 0 Å². The Hall–Kier alpha value is -3.75. The fraction of sp³-hybridized carbons (Fsp3) is 0.219. The second-order valence-corrected chi connectivity index (χ2v) is 15.0. The van der Waals surface area contributed by atoms with Crippen LogP contribution in [0.5, 0.6) is 5.75 Å². The summed E-state index contributed by atoms with van der Waals surface area (Å²) in [6, 6.07) is 29.1. The molecule has 4 aromatic rings. The molecular formula is C32H30O6S2. The van der Waals surface area contributed by atoms with Crippen LogP contribution in [-0.2, 0) is 36.3 Å². The van der Waals surface area contributed by atoms with Gasteiger partial charge in [0, 0.05) is 12.0 Å². The van der Waals surface area contributed by atoms with Crippen LogP contribution in [0.2, 0.25) is 0 Å². The van der Waals surface area contributed by atoms with E-state index >= 15 is 0 Å². The van der Waals surface area contributed by atoms with Gasteiger partial charge in [-0.2, -0.15) is 0 Å². The molecule has 0 N–H and O–H groups in total. The summed E-state index contributed by atoms with van der Waals surface area (Å²) in [6.07, 6.45) is 0.0812. The number of hydrogen-bond donors (Lipinski definition) is 0. The minimum absolute atomic E-state index is 0.136. The van der Waals surface area contributed by atoms with E-state index in [4.69, 9.17) is 4.74 Å². The molecule has 0 amide bonds. The van der Waals surface area contributed by atoms with Crippen molar-refractivity contribution in [2.75, 3.05) is 0 Å². The van der Waals surface area contributed by atoms with E-state index < -0.39 is 42.1 Å². The molecule has 0 aromatic heterocycles. The van der Waals surface area contributed by atoms with Gasteiger partial charge in [-0.1, -0.05) is 98.8 Å². The fourth-order valence-corrected chi connectivity index (χ4v) is 10.0. The first-order valence-corrected chi connectivity index (χ1v) is 16.2. The van der Waals surface area contributed by atoms with Crippen LogP contribution in [0.25, 0.3) is 0 Å². The van der Waals surface area contributed by atoms with Crippen molar-refractivity contribution in [1.29, 1.82) is 0 Å². The van der Waals surface area contributed by atoms with E-state index in [1.54, 1.807) is 72.8 Å². The number of fused-ring (bicyclic) bond motifs is 1. The highest BCUT2D eigenvalue weighted by Crippen LogP contribution is 2.51. The van der Waals surface area contributed by atoms with Gasteiger partial charge in [-0.25, -0.2) is 16.8 Å². The summed E-state index contributed by atoms with van der Waals surface area (Å²) in [4.78, 5) is 13.8. The van der Waals surface area contributed by atoms with E-state index in [-0.39, 0.29) is 15.7 Å². The molecule has 40 heavy (non-hydrogen) atoms. The Bertz CT molecular complexity index is 1660. The van der Waals surface area contributed by atoms with Crippen LogP contribution in [0.3, 0.4) is 0 Å². The number of ether oxygens (including phenoxy) is 1. The van der Waals surface area contributed by atoms with Gasteiger partial charge in [0.15, 0.2) is 24.3 Å². The maximum absolute atomic E-state index is 14.2. The van der Waals surface area contributed by atoms with E-state index in [2.05, 4.69) is 13.8 Å². The van der Waals surface area contributed by atoms with Crippen LogP contribution in [0.4, 0.5) is 0 Å². The summed E-state index contributed by atoms with van der Waals surface area (Å²) in [5, 5.41) is 0. The van der Waals surface area contributed by atoms with Gasteiger partial charge in [-0.3, -0.25) is 4.79 Å². The first-order chi connectivity index (χ1) is 19.1. The van der Waals surface area contributed by atoms with Crippen molar-refractivity contribution >= 4 is 25.6 Å². The van der Waals surface area contributed by atoms with Crippen molar-refractivity contribution in [1.82, 2.24) is 0 Å². The zero-order valence-corrected chi connectivity index (χ0v) is 23.9. The van der Waals surface area contributed by atoms with Crippen LogP contribution >= 0.6 is 0 Å². The Labute approximate surface area is 235 Å². The molecule has 1 aliphatic heterocycles. The van der Waals surface area contributed by atoms with Crippen molar-refractivity contribution in [2.45, 2.75) is 46.5 Å². The molecular weight excluding hydrogens is 544 g/mol. The lowest BCUT2D eigenvalue weighted by molar-refractivity contribution is -0.137. The molecule has 0 saturated heterocycles. The van der Waals surface area contributed by atoms with Crippen LogP contribution in [0.1, 0.15) is 37.0 Å². The first kappa shape index (κ1) is 27.8. The maximum atomic E-state index is 14.2. The topological polar surface area (TPSA) is 94.6 Å². The molecule has 0 radical (unpaired) electrons. The molecule has 6 nitrogen and oxygen atoms in total. The van der Waals surface area contributed by atoms with E-state index in [9.17, 15) is 21.6 Å². The molecule has 5 rings (SSSR count). The Morgan fingerprint density at radius 3 is 1.68 bits per heavy atom. The zero-order valence-electron chi connectivity index (χ0n) is 22.2. The standard InChI is InChI=1S/C32H30O6S2/c1-23(2)21-24-13-12-20-28-30(24)38-31(33)32(28,25-14-6-3-7-15-25)22-29(39(34,35)26-16-8-4-9-17-26)40(36,37)27-18-10-5-11-19-27/h3-20,23,29H,21-22H2,1-2H3/t32-/m1/s1. The van der Waals surface area contributed by atoms with E-state index in [1.165, 1.54) is 24.3 Å². The number of carbonyl (C=O) groups is 1. The van der Waals surface area contributed by atoms with Crippen molar-refractivity contribution in [2.24, 2.45) is 5.92 Å². The van der Waals surface area contributed by atoms with E-state index in [0.717, 1.165) is 5.56 Å². The van der Waals surface area contributed by atoms with Crippen molar-refractivity contribution in [3.8, 4) is 5.75 Å². The van der Waals surface area contributed by atoms with Gasteiger partial charge < -0.3 is 4.74 Å². The summed E-state index contributed by atoms with van der Waals surface area (Å²) >= 11 is 0. The first-order valence-electron chi connectivity index (χ1n) is 13.1. The molecule has 0 saturated carbocycles. The molecule has 206 valence electrons. The number of esters is 1. The van der Waals surface area contributed by atoms with Gasteiger partial charge in [0.2, 0.25) is 0 Å². The predicted octanol–water partition coefficient (Wildman–Crippen LogP) is 5.75. The van der Waals surface area contributed by atoms with Gasteiger partial charge >= 0.3 is 5.97 Å². The molecule has 0 fully saturated rings. The van der Waals surface area contributed by atoms with Crippen LogP contribution in [-0.4, -0.2) is 27.4 Å². The number of rotatable bonds is 9. The highest BCUT2D eigenvalue weighted by atomic mass is 32.3. The summed E-state index contributed by atoms with van der Waals surface area (Å²) in [6.45, 7) is 4.10. The van der Waals surface area contributed by atoms with Crippen LogP contribution in [0.15, 0.2) is 119 Å². The monoisotopic (exact) mass is 574 g/mol. The second kappa shape index (κ2) is 10.7. The second-order valence-electron chi connectivity index (χ2n) is 10.4. The quantitative estimate of drug-likeness (QED) is 0.187. The van der Waals surface area contributed by atoms with Crippen LogP contribution < -0.4 is 4.74 Å². The molecule has 0 spiro atoms. The van der Waals surface area contributed by atoms with Crippen molar-refractivity contribution in [3.05, 3.63) is 126 Å². The lowest BCUT2D eigenvalue weighted by Crippen LogP contribution is -2.43. The van der Waals surface area contributed by atoms with E-state index in [0.29, 0.717) is 23.3 Å². The minimum atomic E-state index is -4.49. The van der Waals surface area contributed by atoms with Gasteiger partial charge in [0.1, 0.15) is 11.2 Å². The van der Waals surface area contributed by atoms with Gasteiger partial charge in [0.05, 0.1) is 9.79 Å². The Balaban J connectivity index is 1.79. The maximum Gasteiger partial charge on any atom is 0.326 e. The normalized spacial score (nSPS) is 17.1. The lowest BCUT2D eigenvalue weighted by Gasteiger charge is -2.31. The third-order valence-electron chi connectivity index (χ3n) is 7.30. The summed E-state index contributed by atoms with van der Waals surface area (Å²) in [5.74, 6) is -0.0546. The van der Waals surface area contributed by atoms with Gasteiger partial charge in [-0.05, 0) is 47.7 Å². The SMILES string of the molecule is CC(C)Cc1cccc2c1OC(=O)[C@]2(CC(S(=O)(=O)c1ccccc1)S(=O)(=O)c1ccccc1)c1ccccc1. The largest absolute Gasteiger partial charge is 0.425 e. The smallest absolute Gasteiger partial charge is 0.326 e. The van der Waals surface area contributed by atoms with Crippen molar-refractivity contribution < 1.29 is 26.4 Å². The Morgan fingerprint density at radius 1 is 0.675 bits per heavy atom. The van der Waals surface area contributed by atoms with Crippen LogP contribution in [0, 0.1) is 5.92 Å². The highest BCUT2D eigenvalue weighted by molar-refractivity contribution is 8.09. The summed E-state index contributed by atoms with van der Waals surface area (Å²) < 4.78 is 60.8. The third-order valence-corrected chi connectivity index (χ3v) is 12.4. The van der Waals surface area contributed by atoms with Gasteiger partial charge in [-0.15, -0.1) is 0 Å². The number of para-hydroxylation sites is 1. The average molecular weight is 575 g/mol. The molecule has 8 heteroatoms. The average Bonchev–Trinajstić information content (AvgIpc) is 3.25. The Kier molecular flexibility index (Phi) is 7.42. The van der Waals surface area contributed by atoms with Gasteiger partial charge in [0.25, 0.3) is 0 Å². The molecule has 0 aliphatic carbocycles. The number of hydrogen-bond acceptors (Lipinski definition) is 6. The fourth-order valence-electron chi connectivity index (χ4n) is 5.40. The highest BCUT2D eigenvalue weighted by Gasteiger charge is 2.56. The molecule has 0 bridgehead atoms. The molecule has 0 unspecified atom stereocenters. The zero-order chi connectivity index (χ0) is 28.5. The third kappa shape index (κ3) is 4.75. The molecule has 1 heterocycles. The number of sulfone groups is 2. The Morgan fingerprint density at radius 2 is 1.18 bits per heavy atom. The molecule has 1 aliphatic rings. The lowest BCUT2D eigenvalue weighted by atomic mass is 9.73. The summed E-state index contributed by atoms with van der Waals surface area (Å²) in [7, 11) is -8.98. The minimum Gasteiger partial charge on any atom is -0.425 e. The number of benzene rings is 4.